The number of β-amino-alcohol motifs (C(OH)–C–C–N with tert-alkyl or cyclic N) is 1. The molecule has 0 aliphatic carbocycles. The van der Waals surface area contributed by atoms with Crippen LogP contribution in [0.3, 0.4) is 0 Å². The van der Waals surface area contributed by atoms with Gasteiger partial charge in [0, 0.05) is 36.2 Å². The van der Waals surface area contributed by atoms with Crippen molar-refractivity contribution in [3.8, 4) is 0 Å². The smallest absolute Gasteiger partial charge is 0.0916 e. The molecule has 0 radical (unpaired) electrons. The molecule has 0 unspecified atom stereocenters. The van der Waals surface area contributed by atoms with Gasteiger partial charge in [-0.15, -0.1) is 0 Å². The summed E-state index contributed by atoms with van der Waals surface area (Å²) < 4.78 is 0. The van der Waals surface area contributed by atoms with Gasteiger partial charge in [0.1, 0.15) is 0 Å². The summed E-state index contributed by atoms with van der Waals surface area (Å²) in [7, 11) is 0. The molecule has 0 saturated carbocycles. The molecule has 1 aliphatic rings. The first kappa shape index (κ1) is 12.2. The molecular formula is C12H16ClNOS. The number of aliphatic hydroxyl groups excluding tert-OH is 1. The summed E-state index contributed by atoms with van der Waals surface area (Å²) in [4.78, 5) is 2.32. The predicted octanol–water partition coefficient (Wildman–Crippen LogP) is 2.42. The zero-order valence-electron chi connectivity index (χ0n) is 9.10. The molecule has 0 spiro atoms. The third-order valence-electron chi connectivity index (χ3n) is 2.79. The fourth-order valence-electron chi connectivity index (χ4n) is 1.82. The van der Waals surface area contributed by atoms with Gasteiger partial charge in [0.2, 0.25) is 0 Å². The largest absolute Gasteiger partial charge is 0.387 e. The van der Waals surface area contributed by atoms with Crippen molar-refractivity contribution in [1.82, 2.24) is 4.90 Å². The van der Waals surface area contributed by atoms with Crippen LogP contribution in [0.5, 0.6) is 0 Å². The molecule has 0 bridgehead atoms. The molecule has 1 fully saturated rings. The Kier molecular flexibility index (Phi) is 4.53. The van der Waals surface area contributed by atoms with Gasteiger partial charge < -0.3 is 5.11 Å². The van der Waals surface area contributed by atoms with Crippen molar-refractivity contribution in [3.05, 3.63) is 34.9 Å². The van der Waals surface area contributed by atoms with E-state index in [4.69, 9.17) is 11.6 Å². The minimum atomic E-state index is -0.402. The number of thioether (sulfide) groups is 1. The van der Waals surface area contributed by atoms with Gasteiger partial charge >= 0.3 is 0 Å². The van der Waals surface area contributed by atoms with E-state index in [1.54, 1.807) is 0 Å². The zero-order chi connectivity index (χ0) is 11.4. The van der Waals surface area contributed by atoms with Gasteiger partial charge in [-0.1, -0.05) is 23.7 Å². The Labute approximate surface area is 106 Å². The number of hydrogen-bond donors (Lipinski definition) is 1. The summed E-state index contributed by atoms with van der Waals surface area (Å²) >= 11 is 7.80. The quantitative estimate of drug-likeness (QED) is 0.900. The third kappa shape index (κ3) is 3.39. The molecule has 0 amide bonds. The lowest BCUT2D eigenvalue weighted by Gasteiger charge is -2.28. The summed E-state index contributed by atoms with van der Waals surface area (Å²) in [5.41, 5.74) is 0.947. The maximum atomic E-state index is 10.1. The van der Waals surface area contributed by atoms with Gasteiger partial charge in [-0.05, 0) is 17.7 Å². The minimum Gasteiger partial charge on any atom is -0.387 e. The fraction of sp³-hybridized carbons (Fsp3) is 0.500. The Bertz CT molecular complexity index is 324. The minimum absolute atomic E-state index is 0.402. The summed E-state index contributed by atoms with van der Waals surface area (Å²) in [5.74, 6) is 2.35. The monoisotopic (exact) mass is 257 g/mol. The van der Waals surface area contributed by atoms with E-state index in [1.165, 1.54) is 11.5 Å². The van der Waals surface area contributed by atoms with Crippen LogP contribution in [0.15, 0.2) is 24.3 Å². The highest BCUT2D eigenvalue weighted by Gasteiger charge is 2.15. The van der Waals surface area contributed by atoms with Crippen LogP contribution in [-0.2, 0) is 0 Å². The summed E-state index contributed by atoms with van der Waals surface area (Å²) in [6, 6.07) is 7.44. The molecule has 1 N–H and O–H groups in total. The van der Waals surface area contributed by atoms with E-state index >= 15 is 0 Å². The van der Waals surface area contributed by atoms with Crippen molar-refractivity contribution in [2.75, 3.05) is 31.1 Å². The van der Waals surface area contributed by atoms with E-state index in [1.807, 2.05) is 36.0 Å². The molecular weight excluding hydrogens is 242 g/mol. The van der Waals surface area contributed by atoms with E-state index in [0.717, 1.165) is 25.2 Å². The fourth-order valence-corrected chi connectivity index (χ4v) is 2.92. The Hall–Kier alpha value is -0.220. The second-order valence-corrected chi connectivity index (χ2v) is 5.64. The third-order valence-corrected chi connectivity index (χ3v) is 3.98. The summed E-state index contributed by atoms with van der Waals surface area (Å²) in [5, 5.41) is 10.8. The van der Waals surface area contributed by atoms with Crippen LogP contribution in [0.25, 0.3) is 0 Å². The van der Waals surface area contributed by atoms with Crippen LogP contribution in [-0.4, -0.2) is 41.1 Å². The molecule has 1 aromatic rings. The highest BCUT2D eigenvalue weighted by Crippen LogP contribution is 2.19. The van der Waals surface area contributed by atoms with Crippen LogP contribution >= 0.6 is 23.4 Å². The number of aliphatic hydroxyl groups is 1. The van der Waals surface area contributed by atoms with Crippen molar-refractivity contribution in [2.24, 2.45) is 0 Å². The first-order valence-electron chi connectivity index (χ1n) is 5.49. The number of hydrogen-bond acceptors (Lipinski definition) is 3. The maximum Gasteiger partial charge on any atom is 0.0916 e. The number of nitrogens with zero attached hydrogens (tertiary/aromatic N) is 1. The second kappa shape index (κ2) is 5.92. The SMILES string of the molecule is O[C@H](CN1CCSCC1)c1ccc(Cl)cc1. The van der Waals surface area contributed by atoms with E-state index in [-0.39, 0.29) is 0 Å². The van der Waals surface area contributed by atoms with E-state index in [0.29, 0.717) is 5.02 Å². The molecule has 1 atom stereocenters. The lowest BCUT2D eigenvalue weighted by Crippen LogP contribution is -2.35. The highest BCUT2D eigenvalue weighted by atomic mass is 35.5. The van der Waals surface area contributed by atoms with Gasteiger partial charge in [0.05, 0.1) is 6.10 Å². The Morgan fingerprint density at radius 1 is 1.25 bits per heavy atom. The Balaban J connectivity index is 1.91. The van der Waals surface area contributed by atoms with Crippen LogP contribution in [0, 0.1) is 0 Å². The Morgan fingerprint density at radius 3 is 2.50 bits per heavy atom. The summed E-state index contributed by atoms with van der Waals surface area (Å²) in [6.45, 7) is 2.88. The van der Waals surface area contributed by atoms with Gasteiger partial charge in [-0.2, -0.15) is 11.8 Å². The molecule has 1 heterocycles. The molecule has 88 valence electrons. The van der Waals surface area contributed by atoms with E-state index < -0.39 is 6.10 Å². The maximum absolute atomic E-state index is 10.1. The molecule has 1 saturated heterocycles. The molecule has 0 aromatic heterocycles. The average Bonchev–Trinajstić information content (AvgIpc) is 2.31. The predicted molar refractivity (Wildman–Crippen MR) is 70.2 cm³/mol. The average molecular weight is 258 g/mol. The molecule has 2 rings (SSSR count). The van der Waals surface area contributed by atoms with E-state index in [9.17, 15) is 5.11 Å². The first-order chi connectivity index (χ1) is 7.75. The second-order valence-electron chi connectivity index (χ2n) is 3.98. The first-order valence-corrected chi connectivity index (χ1v) is 7.02. The van der Waals surface area contributed by atoms with E-state index in [2.05, 4.69) is 4.90 Å². The van der Waals surface area contributed by atoms with Crippen LogP contribution < -0.4 is 0 Å². The standard InChI is InChI=1S/C12H16ClNOS/c13-11-3-1-10(2-4-11)12(15)9-14-5-7-16-8-6-14/h1-4,12,15H,5-9H2/t12-/m1/s1. The number of benzene rings is 1. The van der Waals surface area contributed by atoms with Gasteiger partial charge in [0.25, 0.3) is 0 Å². The molecule has 4 heteroatoms. The number of halogens is 1. The van der Waals surface area contributed by atoms with Crippen molar-refractivity contribution < 1.29 is 5.11 Å². The number of rotatable bonds is 3. The van der Waals surface area contributed by atoms with Gasteiger partial charge in [0.15, 0.2) is 0 Å². The normalized spacial score (nSPS) is 19.6. The van der Waals surface area contributed by atoms with Gasteiger partial charge in [-0.3, -0.25) is 4.90 Å². The van der Waals surface area contributed by atoms with Crippen molar-refractivity contribution in [1.29, 1.82) is 0 Å². The van der Waals surface area contributed by atoms with Crippen LogP contribution in [0.1, 0.15) is 11.7 Å². The molecule has 2 nitrogen and oxygen atoms in total. The van der Waals surface area contributed by atoms with Crippen molar-refractivity contribution in [2.45, 2.75) is 6.10 Å². The Morgan fingerprint density at radius 2 is 1.88 bits per heavy atom. The zero-order valence-corrected chi connectivity index (χ0v) is 10.7. The van der Waals surface area contributed by atoms with Crippen molar-refractivity contribution in [3.63, 3.8) is 0 Å². The molecule has 16 heavy (non-hydrogen) atoms. The molecule has 1 aliphatic heterocycles. The van der Waals surface area contributed by atoms with Crippen LogP contribution in [0.2, 0.25) is 5.02 Å². The van der Waals surface area contributed by atoms with Crippen LogP contribution in [0.4, 0.5) is 0 Å². The lowest BCUT2D eigenvalue weighted by molar-refractivity contribution is 0.119. The lowest BCUT2D eigenvalue weighted by atomic mass is 10.1. The summed E-state index contributed by atoms with van der Waals surface area (Å²) in [6.07, 6.45) is -0.402. The topological polar surface area (TPSA) is 23.5 Å². The molecule has 1 aromatic carbocycles. The van der Waals surface area contributed by atoms with Gasteiger partial charge in [-0.25, -0.2) is 0 Å². The highest BCUT2D eigenvalue weighted by molar-refractivity contribution is 7.99. The van der Waals surface area contributed by atoms with Crippen molar-refractivity contribution >= 4 is 23.4 Å².